The van der Waals surface area contributed by atoms with Gasteiger partial charge in [0, 0.05) is 8.02 Å². The second kappa shape index (κ2) is 4.43. The molecule has 0 aromatic heterocycles. The zero-order valence-corrected chi connectivity index (χ0v) is 9.16. The first-order chi connectivity index (χ1) is 7.57. The molecule has 0 N–H and O–H groups in total. The number of hydrogen-bond acceptors (Lipinski definition) is 0. The molecule has 0 spiro atoms. The lowest BCUT2D eigenvalue weighted by Gasteiger charge is -2.01. The molecule has 0 atom stereocenters. The Kier molecular flexibility index (Phi) is 2.29. The molecule has 0 bridgehead atoms. The molecule has 2 aromatic rings. The molecular formula is C13H11Br. The fraction of sp³-hybridized carbons (Fsp3) is 0.0769. The van der Waals surface area contributed by atoms with E-state index < -0.39 is 5.28 Å². The molecule has 0 unspecified atom stereocenters. The van der Waals surface area contributed by atoms with Gasteiger partial charge in [-0.1, -0.05) is 70.5 Å². The van der Waals surface area contributed by atoms with Crippen molar-refractivity contribution in [1.82, 2.24) is 0 Å². The van der Waals surface area contributed by atoms with Crippen molar-refractivity contribution >= 4 is 15.9 Å². The minimum atomic E-state index is -1.46. The lowest BCUT2D eigenvalue weighted by molar-refractivity contribution is 1.44. The molecule has 0 aliphatic heterocycles. The van der Waals surface area contributed by atoms with Crippen molar-refractivity contribution in [2.45, 2.75) is 5.28 Å². The van der Waals surface area contributed by atoms with Gasteiger partial charge in [0.25, 0.3) is 0 Å². The van der Waals surface area contributed by atoms with Gasteiger partial charge in [-0.15, -0.1) is 0 Å². The average Bonchev–Trinajstić information content (AvgIpc) is 2.29. The van der Waals surface area contributed by atoms with Gasteiger partial charge in [0.15, 0.2) is 0 Å². The Labute approximate surface area is 95.5 Å². The minimum absolute atomic E-state index is 0.632. The van der Waals surface area contributed by atoms with Gasteiger partial charge in [-0.3, -0.25) is 0 Å². The van der Waals surface area contributed by atoms with Gasteiger partial charge in [-0.25, -0.2) is 0 Å². The molecule has 0 saturated carbocycles. The summed E-state index contributed by atoms with van der Waals surface area (Å²) in [6.07, 6.45) is 0. The highest BCUT2D eigenvalue weighted by atomic mass is 79.9. The number of hydrogen-bond donors (Lipinski definition) is 0. The van der Waals surface area contributed by atoms with Crippen LogP contribution < -0.4 is 0 Å². The van der Waals surface area contributed by atoms with Gasteiger partial charge in [-0.2, -0.15) is 0 Å². The predicted octanol–water partition coefficient (Wildman–Crippen LogP) is 4.25. The van der Waals surface area contributed by atoms with Gasteiger partial charge >= 0.3 is 0 Å². The van der Waals surface area contributed by atoms with Gasteiger partial charge in [0.2, 0.25) is 0 Å². The maximum absolute atomic E-state index is 7.53. The molecule has 0 saturated heterocycles. The highest BCUT2D eigenvalue weighted by Crippen LogP contribution is 2.19. The van der Waals surface area contributed by atoms with Crippen LogP contribution in [0.2, 0.25) is 0 Å². The molecule has 2 aromatic carbocycles. The molecule has 14 heavy (non-hydrogen) atoms. The first kappa shape index (κ1) is 7.24. The van der Waals surface area contributed by atoms with E-state index in [1.165, 1.54) is 0 Å². The van der Waals surface area contributed by atoms with Crippen molar-refractivity contribution in [2.75, 3.05) is 0 Å². The Morgan fingerprint density at radius 1 is 0.857 bits per heavy atom. The fourth-order valence-electron chi connectivity index (χ4n) is 1.36. The Morgan fingerprint density at radius 2 is 1.43 bits per heavy atom. The second-order valence-corrected chi connectivity index (χ2v) is 3.43. The van der Waals surface area contributed by atoms with Crippen LogP contribution in [-0.2, 0) is 5.28 Å². The van der Waals surface area contributed by atoms with Crippen LogP contribution in [0.15, 0.2) is 54.6 Å². The van der Waals surface area contributed by atoms with Crippen molar-refractivity contribution in [3.63, 3.8) is 0 Å². The first-order valence-electron chi connectivity index (χ1n) is 5.42. The van der Waals surface area contributed by atoms with Crippen molar-refractivity contribution in [1.29, 1.82) is 0 Å². The molecule has 0 nitrogen and oxygen atoms in total. The van der Waals surface area contributed by atoms with Crippen LogP contribution in [0.3, 0.4) is 0 Å². The maximum atomic E-state index is 7.53. The molecule has 0 heterocycles. The average molecular weight is 249 g/mol. The summed E-state index contributed by atoms with van der Waals surface area (Å²) in [5, 5.41) is -1.46. The molecule has 0 fully saturated rings. The van der Waals surface area contributed by atoms with Crippen LogP contribution in [0.1, 0.15) is 8.30 Å². The molecule has 2 rings (SSSR count). The van der Waals surface area contributed by atoms with Crippen molar-refractivity contribution in [2.24, 2.45) is 0 Å². The van der Waals surface area contributed by atoms with Crippen LogP contribution in [0, 0.1) is 0 Å². The van der Waals surface area contributed by atoms with E-state index in [1.54, 1.807) is 12.1 Å². The van der Waals surface area contributed by atoms with E-state index in [4.69, 9.17) is 2.74 Å². The molecule has 0 aliphatic rings. The minimum Gasteiger partial charge on any atom is -0.0876 e. The Morgan fingerprint density at radius 3 is 2.00 bits per heavy atom. The largest absolute Gasteiger partial charge is 0.0876 e. The smallest absolute Gasteiger partial charge is 0.0437 e. The molecule has 0 aliphatic carbocycles. The molecule has 1 heteroatoms. The van der Waals surface area contributed by atoms with Gasteiger partial charge in [-0.05, 0) is 16.7 Å². The van der Waals surface area contributed by atoms with E-state index in [1.807, 2.05) is 42.5 Å². The summed E-state index contributed by atoms with van der Waals surface area (Å²) in [6, 6.07) is 17.5. The fourth-order valence-corrected chi connectivity index (χ4v) is 1.62. The highest BCUT2D eigenvalue weighted by Gasteiger charge is 1.95. The van der Waals surface area contributed by atoms with Crippen molar-refractivity contribution < 1.29 is 2.74 Å². The number of rotatable bonds is 2. The summed E-state index contributed by atoms with van der Waals surface area (Å²) >= 11 is 3.00. The van der Waals surface area contributed by atoms with E-state index in [2.05, 4.69) is 15.9 Å². The summed E-state index contributed by atoms with van der Waals surface area (Å²) < 4.78 is 15.1. The standard InChI is InChI=1S/C13H11Br/c14-10-11-6-8-13(9-7-11)12-4-2-1-3-5-12/h1-9H,10H2/i10D2. The monoisotopic (exact) mass is 248 g/mol. The topological polar surface area (TPSA) is 0 Å². The second-order valence-electron chi connectivity index (χ2n) is 3.04. The number of benzene rings is 2. The summed E-state index contributed by atoms with van der Waals surface area (Å²) in [6.45, 7) is 0. The van der Waals surface area contributed by atoms with E-state index >= 15 is 0 Å². The van der Waals surface area contributed by atoms with E-state index in [-0.39, 0.29) is 0 Å². The third-order valence-corrected chi connectivity index (χ3v) is 2.56. The first-order valence-corrected chi connectivity index (χ1v) is 5.21. The lowest BCUT2D eigenvalue weighted by atomic mass is 10.0. The van der Waals surface area contributed by atoms with Crippen LogP contribution in [-0.4, -0.2) is 0 Å². The summed E-state index contributed by atoms with van der Waals surface area (Å²) in [5.41, 5.74) is 2.87. The number of halogens is 1. The third-order valence-electron chi connectivity index (χ3n) is 2.10. The normalized spacial score (nSPS) is 13.2. The number of alkyl halides is 1. The van der Waals surface area contributed by atoms with E-state index in [0.29, 0.717) is 5.56 Å². The lowest BCUT2D eigenvalue weighted by Crippen LogP contribution is -1.79. The molecule has 0 radical (unpaired) electrons. The van der Waals surface area contributed by atoms with Crippen LogP contribution >= 0.6 is 15.9 Å². The third kappa shape index (κ3) is 2.05. The molecule has 70 valence electrons. The van der Waals surface area contributed by atoms with Crippen LogP contribution in [0.5, 0.6) is 0 Å². The molecule has 0 amide bonds. The zero-order chi connectivity index (χ0) is 11.6. The van der Waals surface area contributed by atoms with E-state index in [0.717, 1.165) is 11.1 Å². The van der Waals surface area contributed by atoms with Crippen LogP contribution in [0.4, 0.5) is 0 Å². The van der Waals surface area contributed by atoms with Crippen molar-refractivity contribution in [3.05, 3.63) is 60.2 Å². The van der Waals surface area contributed by atoms with E-state index in [9.17, 15) is 0 Å². The zero-order valence-electron chi connectivity index (χ0n) is 9.57. The predicted molar refractivity (Wildman–Crippen MR) is 64.5 cm³/mol. The summed E-state index contributed by atoms with van der Waals surface area (Å²) in [4.78, 5) is 0. The highest BCUT2D eigenvalue weighted by molar-refractivity contribution is 9.08. The Hall–Kier alpha value is -1.08. The maximum Gasteiger partial charge on any atom is 0.0437 e. The van der Waals surface area contributed by atoms with Crippen LogP contribution in [0.25, 0.3) is 11.1 Å². The van der Waals surface area contributed by atoms with Gasteiger partial charge in [0.1, 0.15) is 0 Å². The SMILES string of the molecule is [2H]C([2H])(Br)c1ccc(-c2ccccc2)cc1. The summed E-state index contributed by atoms with van der Waals surface area (Å²) in [5.74, 6) is 0. The Balaban J connectivity index is 2.34. The van der Waals surface area contributed by atoms with Crippen molar-refractivity contribution in [3.8, 4) is 11.1 Å². The molecular weight excluding hydrogens is 236 g/mol. The van der Waals surface area contributed by atoms with Gasteiger partial charge < -0.3 is 0 Å². The van der Waals surface area contributed by atoms with Gasteiger partial charge in [0.05, 0.1) is 0 Å². The quantitative estimate of drug-likeness (QED) is 0.698. The summed E-state index contributed by atoms with van der Waals surface area (Å²) in [7, 11) is 0. The Bertz CT molecular complexity index is 458.